The van der Waals surface area contributed by atoms with Gasteiger partial charge in [-0.15, -0.1) is 0 Å². The summed E-state index contributed by atoms with van der Waals surface area (Å²) in [5.41, 5.74) is 3.12. The topological polar surface area (TPSA) is 76.0 Å². The zero-order valence-electron chi connectivity index (χ0n) is 15.4. The quantitative estimate of drug-likeness (QED) is 0.805. The Balaban J connectivity index is 1.60. The summed E-state index contributed by atoms with van der Waals surface area (Å²) < 4.78 is 11.4. The van der Waals surface area contributed by atoms with E-state index in [4.69, 9.17) is 9.47 Å². The van der Waals surface area contributed by atoms with Crippen molar-refractivity contribution in [2.45, 2.75) is 44.8 Å². The maximum Gasteiger partial charge on any atom is 0.374 e. The van der Waals surface area contributed by atoms with Crippen molar-refractivity contribution in [3.8, 4) is 11.5 Å². The fourth-order valence-corrected chi connectivity index (χ4v) is 3.67. The normalized spacial score (nSPS) is 20.8. The van der Waals surface area contributed by atoms with Crippen LogP contribution in [0.25, 0.3) is 5.57 Å². The van der Waals surface area contributed by atoms with Gasteiger partial charge in [0, 0.05) is 12.0 Å². The lowest BCUT2D eigenvalue weighted by atomic mass is 9.91. The lowest BCUT2D eigenvalue weighted by Crippen LogP contribution is -2.32. The summed E-state index contributed by atoms with van der Waals surface area (Å²) in [7, 11) is 0. The SMILES string of the molecule is CC1(C)CCc2cc(CC3OC(=O)C(O)=C3c3ccc(O)cc3)ccc2O1. The summed E-state index contributed by atoms with van der Waals surface area (Å²) >= 11 is 0. The molecule has 2 aliphatic heterocycles. The summed E-state index contributed by atoms with van der Waals surface area (Å²) in [5, 5.41) is 19.7. The van der Waals surface area contributed by atoms with Crippen LogP contribution in [0.2, 0.25) is 0 Å². The molecule has 0 fully saturated rings. The molecule has 5 heteroatoms. The molecule has 1 unspecified atom stereocenters. The summed E-state index contributed by atoms with van der Waals surface area (Å²) in [5.74, 6) is -0.0614. The standard InChI is InChI=1S/C22H22O5/c1-22(2)10-9-15-11-13(3-8-17(15)27-22)12-18-19(20(24)21(25)26-18)14-4-6-16(23)7-5-14/h3-8,11,18,23-24H,9-10,12H2,1-2H3. The van der Waals surface area contributed by atoms with Gasteiger partial charge in [0.1, 0.15) is 23.2 Å². The fraction of sp³-hybridized carbons (Fsp3) is 0.318. The number of ether oxygens (including phenoxy) is 2. The number of hydrogen-bond donors (Lipinski definition) is 2. The number of hydrogen-bond acceptors (Lipinski definition) is 5. The van der Waals surface area contributed by atoms with Crippen LogP contribution in [0.5, 0.6) is 11.5 Å². The van der Waals surface area contributed by atoms with Gasteiger partial charge < -0.3 is 19.7 Å². The van der Waals surface area contributed by atoms with E-state index in [1.54, 1.807) is 12.1 Å². The second-order valence-corrected chi connectivity index (χ2v) is 7.71. The molecule has 2 heterocycles. The highest BCUT2D eigenvalue weighted by molar-refractivity contribution is 6.00. The Kier molecular flexibility index (Phi) is 4.10. The molecule has 140 valence electrons. The van der Waals surface area contributed by atoms with Gasteiger partial charge in [-0.05, 0) is 61.6 Å². The van der Waals surface area contributed by atoms with Crippen molar-refractivity contribution in [2.24, 2.45) is 0 Å². The monoisotopic (exact) mass is 366 g/mol. The molecule has 0 saturated carbocycles. The van der Waals surface area contributed by atoms with Crippen LogP contribution in [0.15, 0.2) is 48.2 Å². The van der Waals surface area contributed by atoms with E-state index < -0.39 is 12.1 Å². The van der Waals surface area contributed by atoms with Crippen LogP contribution in [-0.4, -0.2) is 27.9 Å². The highest BCUT2D eigenvalue weighted by Crippen LogP contribution is 2.36. The smallest absolute Gasteiger partial charge is 0.374 e. The molecule has 0 aliphatic carbocycles. The number of aryl methyl sites for hydroxylation is 1. The van der Waals surface area contributed by atoms with E-state index in [1.807, 2.05) is 12.1 Å². The van der Waals surface area contributed by atoms with Gasteiger partial charge in [-0.25, -0.2) is 4.79 Å². The van der Waals surface area contributed by atoms with Gasteiger partial charge in [0.25, 0.3) is 0 Å². The summed E-state index contributed by atoms with van der Waals surface area (Å²) in [4.78, 5) is 11.9. The number of phenolic OH excluding ortho intramolecular Hbond substituents is 1. The minimum atomic E-state index is -0.717. The van der Waals surface area contributed by atoms with Crippen molar-refractivity contribution in [3.05, 3.63) is 64.9 Å². The number of rotatable bonds is 3. The number of benzene rings is 2. The minimum absolute atomic E-state index is 0.123. The number of cyclic esters (lactones) is 1. The zero-order chi connectivity index (χ0) is 19.2. The average molecular weight is 366 g/mol. The zero-order valence-corrected chi connectivity index (χ0v) is 15.4. The van der Waals surface area contributed by atoms with E-state index >= 15 is 0 Å². The Bertz CT molecular complexity index is 924. The molecule has 2 aliphatic rings. The molecule has 0 radical (unpaired) electrons. The maximum atomic E-state index is 11.9. The van der Waals surface area contributed by atoms with Gasteiger partial charge in [-0.1, -0.05) is 24.3 Å². The highest BCUT2D eigenvalue weighted by Gasteiger charge is 2.35. The molecule has 2 aromatic carbocycles. The van der Waals surface area contributed by atoms with Crippen LogP contribution in [-0.2, 0) is 22.4 Å². The number of aromatic hydroxyl groups is 1. The molecule has 0 amide bonds. The summed E-state index contributed by atoms with van der Waals surface area (Å²) in [6, 6.07) is 12.4. The average Bonchev–Trinajstić information content (AvgIpc) is 2.89. The Morgan fingerprint density at radius 3 is 2.59 bits per heavy atom. The number of aliphatic hydroxyl groups is 1. The van der Waals surface area contributed by atoms with Gasteiger partial charge in [0.05, 0.1) is 0 Å². The molecule has 0 aromatic heterocycles. The number of carbonyl (C=O) groups excluding carboxylic acids is 1. The fourth-order valence-electron chi connectivity index (χ4n) is 3.67. The van der Waals surface area contributed by atoms with E-state index in [9.17, 15) is 15.0 Å². The summed E-state index contributed by atoms with van der Waals surface area (Å²) in [6.45, 7) is 4.17. The predicted molar refractivity (Wildman–Crippen MR) is 101 cm³/mol. The predicted octanol–water partition coefficient (Wildman–Crippen LogP) is 3.93. The molecule has 2 aromatic rings. The number of fused-ring (bicyclic) bond motifs is 1. The van der Waals surface area contributed by atoms with Crippen molar-refractivity contribution in [2.75, 3.05) is 0 Å². The largest absolute Gasteiger partial charge is 0.508 e. The van der Waals surface area contributed by atoms with Crippen LogP contribution < -0.4 is 4.74 Å². The van der Waals surface area contributed by atoms with Crippen molar-refractivity contribution < 1.29 is 24.5 Å². The van der Waals surface area contributed by atoms with Gasteiger partial charge in [0.2, 0.25) is 5.76 Å². The van der Waals surface area contributed by atoms with Gasteiger partial charge in [-0.3, -0.25) is 0 Å². The van der Waals surface area contributed by atoms with Gasteiger partial charge >= 0.3 is 5.97 Å². The molecule has 4 rings (SSSR count). The van der Waals surface area contributed by atoms with E-state index in [1.165, 1.54) is 12.1 Å². The van der Waals surface area contributed by atoms with E-state index in [0.29, 0.717) is 17.6 Å². The third kappa shape index (κ3) is 3.37. The maximum absolute atomic E-state index is 11.9. The first-order valence-corrected chi connectivity index (χ1v) is 9.07. The van der Waals surface area contributed by atoms with E-state index in [-0.39, 0.29) is 17.1 Å². The van der Waals surface area contributed by atoms with Crippen molar-refractivity contribution in [1.82, 2.24) is 0 Å². The highest BCUT2D eigenvalue weighted by atomic mass is 16.6. The molecular formula is C22H22O5. The molecule has 1 atom stereocenters. The first-order chi connectivity index (χ1) is 12.8. The minimum Gasteiger partial charge on any atom is -0.508 e. The van der Waals surface area contributed by atoms with Crippen LogP contribution in [0.1, 0.15) is 37.0 Å². The first kappa shape index (κ1) is 17.5. The van der Waals surface area contributed by atoms with Crippen LogP contribution in [0.4, 0.5) is 0 Å². The Hall–Kier alpha value is -2.95. The lowest BCUT2D eigenvalue weighted by molar-refractivity contribution is -0.141. The third-order valence-corrected chi connectivity index (χ3v) is 5.13. The van der Waals surface area contributed by atoms with E-state index in [0.717, 1.165) is 29.7 Å². The van der Waals surface area contributed by atoms with E-state index in [2.05, 4.69) is 19.9 Å². The second kappa shape index (κ2) is 6.34. The Morgan fingerprint density at radius 2 is 1.85 bits per heavy atom. The second-order valence-electron chi connectivity index (χ2n) is 7.71. The molecule has 5 nitrogen and oxygen atoms in total. The summed E-state index contributed by atoms with van der Waals surface area (Å²) in [6.07, 6.45) is 1.78. The van der Waals surface area contributed by atoms with Crippen molar-refractivity contribution >= 4 is 11.5 Å². The number of esters is 1. The molecule has 0 bridgehead atoms. The lowest BCUT2D eigenvalue weighted by Gasteiger charge is -2.32. The molecule has 27 heavy (non-hydrogen) atoms. The number of carbonyl (C=O) groups is 1. The van der Waals surface area contributed by atoms with Gasteiger partial charge in [-0.2, -0.15) is 0 Å². The van der Waals surface area contributed by atoms with Gasteiger partial charge in [0.15, 0.2) is 0 Å². The van der Waals surface area contributed by atoms with Crippen LogP contribution >= 0.6 is 0 Å². The third-order valence-electron chi connectivity index (χ3n) is 5.13. The molecule has 2 N–H and O–H groups in total. The number of phenols is 1. The first-order valence-electron chi connectivity index (χ1n) is 9.07. The van der Waals surface area contributed by atoms with Crippen molar-refractivity contribution in [3.63, 3.8) is 0 Å². The van der Waals surface area contributed by atoms with Crippen molar-refractivity contribution in [1.29, 1.82) is 0 Å². The molecule has 0 spiro atoms. The molecular weight excluding hydrogens is 344 g/mol. The number of aliphatic hydroxyl groups excluding tert-OH is 1. The Labute approximate surface area is 157 Å². The Morgan fingerprint density at radius 1 is 1.11 bits per heavy atom. The molecule has 0 saturated heterocycles. The van der Waals surface area contributed by atoms with Crippen LogP contribution in [0, 0.1) is 0 Å². The van der Waals surface area contributed by atoms with Crippen LogP contribution in [0.3, 0.4) is 0 Å².